The van der Waals surface area contributed by atoms with Crippen LogP contribution in [0.5, 0.6) is 0 Å². The summed E-state index contributed by atoms with van der Waals surface area (Å²) in [5.74, 6) is 0. The standard InChI is InChI=1S/C21H29N3O/c1-22(2)17-8-12-19(13-9-17)24(21-7-5-6-16-25-21)20-14-10-18(11-15-20)23(3)4/h8-15,21H,5-7,16H2,1-4H3. The van der Waals surface area contributed by atoms with Gasteiger partial charge in [-0.25, -0.2) is 0 Å². The van der Waals surface area contributed by atoms with Crippen molar-refractivity contribution in [3.05, 3.63) is 48.5 Å². The SMILES string of the molecule is CN(C)c1ccc(N(c2ccc(N(C)C)cc2)C2CCCCO2)cc1. The summed E-state index contributed by atoms with van der Waals surface area (Å²) in [7, 11) is 8.27. The van der Waals surface area contributed by atoms with E-state index in [2.05, 4.69) is 91.4 Å². The van der Waals surface area contributed by atoms with E-state index in [4.69, 9.17) is 4.74 Å². The third-order valence-corrected chi connectivity index (χ3v) is 4.73. The molecule has 1 heterocycles. The molecule has 3 rings (SSSR count). The van der Waals surface area contributed by atoms with Crippen molar-refractivity contribution in [2.45, 2.75) is 25.5 Å². The first-order chi connectivity index (χ1) is 12.1. The fraction of sp³-hybridized carbons (Fsp3) is 0.429. The number of nitrogens with zero attached hydrogens (tertiary/aromatic N) is 3. The molecule has 1 aliphatic heterocycles. The van der Waals surface area contributed by atoms with Crippen LogP contribution in [0.2, 0.25) is 0 Å². The third-order valence-electron chi connectivity index (χ3n) is 4.73. The lowest BCUT2D eigenvalue weighted by Crippen LogP contribution is -2.36. The molecular formula is C21H29N3O. The minimum absolute atomic E-state index is 0.101. The average molecular weight is 339 g/mol. The highest BCUT2D eigenvalue weighted by atomic mass is 16.5. The molecule has 0 amide bonds. The molecule has 1 fully saturated rings. The molecule has 4 heteroatoms. The zero-order valence-corrected chi connectivity index (χ0v) is 15.8. The Bertz CT molecular complexity index is 607. The van der Waals surface area contributed by atoms with Crippen molar-refractivity contribution in [3.63, 3.8) is 0 Å². The lowest BCUT2D eigenvalue weighted by atomic mass is 10.1. The fourth-order valence-electron chi connectivity index (χ4n) is 3.23. The average Bonchev–Trinajstić information content (AvgIpc) is 2.64. The molecule has 2 aromatic rings. The highest BCUT2D eigenvalue weighted by molar-refractivity contribution is 5.68. The Hall–Kier alpha value is -2.20. The van der Waals surface area contributed by atoms with Crippen molar-refractivity contribution in [3.8, 4) is 0 Å². The minimum Gasteiger partial charge on any atom is -0.378 e. The van der Waals surface area contributed by atoms with Crippen molar-refractivity contribution in [2.75, 3.05) is 49.5 Å². The summed E-state index contributed by atoms with van der Waals surface area (Å²) < 4.78 is 6.11. The predicted molar refractivity (Wildman–Crippen MR) is 107 cm³/mol. The zero-order chi connectivity index (χ0) is 17.8. The Kier molecular flexibility index (Phi) is 5.49. The number of hydrogen-bond donors (Lipinski definition) is 0. The summed E-state index contributed by atoms with van der Waals surface area (Å²) in [6, 6.07) is 17.4. The van der Waals surface area contributed by atoms with Crippen LogP contribution in [0.15, 0.2) is 48.5 Å². The number of ether oxygens (including phenoxy) is 1. The maximum Gasteiger partial charge on any atom is 0.134 e. The normalized spacial score (nSPS) is 17.2. The maximum atomic E-state index is 6.11. The van der Waals surface area contributed by atoms with Gasteiger partial charge in [-0.3, -0.25) is 0 Å². The lowest BCUT2D eigenvalue weighted by molar-refractivity contribution is 0.0208. The highest BCUT2D eigenvalue weighted by Gasteiger charge is 2.24. The van der Waals surface area contributed by atoms with E-state index in [1.165, 1.54) is 29.2 Å². The van der Waals surface area contributed by atoms with Crippen LogP contribution in [0, 0.1) is 0 Å². The van der Waals surface area contributed by atoms with Crippen LogP contribution in [0.1, 0.15) is 19.3 Å². The highest BCUT2D eigenvalue weighted by Crippen LogP contribution is 2.33. The summed E-state index contributed by atoms with van der Waals surface area (Å²) in [5.41, 5.74) is 4.76. The van der Waals surface area contributed by atoms with Gasteiger partial charge < -0.3 is 19.4 Å². The predicted octanol–water partition coefficient (Wildman–Crippen LogP) is 4.48. The topological polar surface area (TPSA) is 19.0 Å². The first-order valence-corrected chi connectivity index (χ1v) is 9.02. The molecule has 0 spiro atoms. The molecular weight excluding hydrogens is 310 g/mol. The Morgan fingerprint density at radius 1 is 0.680 bits per heavy atom. The second-order valence-corrected chi connectivity index (χ2v) is 7.01. The molecule has 0 radical (unpaired) electrons. The molecule has 1 atom stereocenters. The Morgan fingerprint density at radius 2 is 1.12 bits per heavy atom. The summed E-state index contributed by atoms with van der Waals surface area (Å²) in [6.45, 7) is 0.840. The summed E-state index contributed by atoms with van der Waals surface area (Å²) in [5, 5.41) is 0. The van der Waals surface area contributed by atoms with Gasteiger partial charge in [0.05, 0.1) is 0 Å². The van der Waals surface area contributed by atoms with Crippen LogP contribution < -0.4 is 14.7 Å². The molecule has 1 saturated heterocycles. The Labute approximate surface area is 151 Å². The van der Waals surface area contributed by atoms with Crippen molar-refractivity contribution in [1.29, 1.82) is 0 Å². The molecule has 0 aromatic heterocycles. The Morgan fingerprint density at radius 3 is 1.48 bits per heavy atom. The van der Waals surface area contributed by atoms with Crippen molar-refractivity contribution in [2.24, 2.45) is 0 Å². The van der Waals surface area contributed by atoms with Gasteiger partial charge in [0, 0.05) is 57.5 Å². The number of anilines is 4. The molecule has 0 bridgehead atoms. The van der Waals surface area contributed by atoms with Crippen LogP contribution in [0.4, 0.5) is 22.7 Å². The number of rotatable bonds is 5. The quantitative estimate of drug-likeness (QED) is 0.799. The molecule has 134 valence electrons. The van der Waals surface area contributed by atoms with E-state index < -0.39 is 0 Å². The first kappa shape index (κ1) is 17.6. The van der Waals surface area contributed by atoms with Crippen molar-refractivity contribution in [1.82, 2.24) is 0 Å². The van der Waals surface area contributed by atoms with Crippen molar-refractivity contribution >= 4 is 22.7 Å². The number of hydrogen-bond acceptors (Lipinski definition) is 4. The second-order valence-electron chi connectivity index (χ2n) is 7.01. The summed E-state index contributed by atoms with van der Waals surface area (Å²) >= 11 is 0. The molecule has 0 N–H and O–H groups in total. The van der Waals surface area contributed by atoms with Gasteiger partial charge in [-0.05, 0) is 67.8 Å². The molecule has 4 nitrogen and oxygen atoms in total. The van der Waals surface area contributed by atoms with E-state index in [9.17, 15) is 0 Å². The van der Waals surface area contributed by atoms with Gasteiger partial charge in [-0.2, -0.15) is 0 Å². The summed E-state index contributed by atoms with van der Waals surface area (Å²) in [4.78, 5) is 6.58. The molecule has 1 aliphatic rings. The van der Waals surface area contributed by atoms with Crippen LogP contribution in [0.25, 0.3) is 0 Å². The van der Waals surface area contributed by atoms with Crippen LogP contribution in [-0.2, 0) is 4.74 Å². The van der Waals surface area contributed by atoms with Gasteiger partial charge in [0.15, 0.2) is 0 Å². The third kappa shape index (κ3) is 4.07. The fourth-order valence-corrected chi connectivity index (χ4v) is 3.23. The van der Waals surface area contributed by atoms with Gasteiger partial charge in [-0.15, -0.1) is 0 Å². The van der Waals surface area contributed by atoms with E-state index in [0.29, 0.717) is 0 Å². The van der Waals surface area contributed by atoms with E-state index in [1.54, 1.807) is 0 Å². The monoisotopic (exact) mass is 339 g/mol. The van der Waals surface area contributed by atoms with Crippen LogP contribution in [0.3, 0.4) is 0 Å². The first-order valence-electron chi connectivity index (χ1n) is 9.02. The van der Waals surface area contributed by atoms with Gasteiger partial charge in [0.2, 0.25) is 0 Å². The molecule has 0 saturated carbocycles. The molecule has 1 unspecified atom stereocenters. The zero-order valence-electron chi connectivity index (χ0n) is 15.8. The maximum absolute atomic E-state index is 6.11. The van der Waals surface area contributed by atoms with Gasteiger partial charge in [-0.1, -0.05) is 0 Å². The smallest absolute Gasteiger partial charge is 0.134 e. The molecule has 2 aromatic carbocycles. The van der Waals surface area contributed by atoms with Gasteiger partial charge >= 0.3 is 0 Å². The lowest BCUT2D eigenvalue weighted by Gasteiger charge is -2.36. The number of benzene rings is 2. The molecule has 25 heavy (non-hydrogen) atoms. The Balaban J connectivity index is 1.94. The van der Waals surface area contributed by atoms with E-state index in [0.717, 1.165) is 19.4 Å². The largest absolute Gasteiger partial charge is 0.378 e. The van der Waals surface area contributed by atoms with E-state index in [-0.39, 0.29) is 6.23 Å². The van der Waals surface area contributed by atoms with E-state index >= 15 is 0 Å². The second kappa shape index (κ2) is 7.79. The van der Waals surface area contributed by atoms with Crippen molar-refractivity contribution < 1.29 is 4.74 Å². The van der Waals surface area contributed by atoms with Crippen LogP contribution >= 0.6 is 0 Å². The summed E-state index contributed by atoms with van der Waals surface area (Å²) in [6.07, 6.45) is 3.53. The van der Waals surface area contributed by atoms with E-state index in [1.807, 2.05) is 0 Å². The van der Waals surface area contributed by atoms with Crippen LogP contribution in [-0.4, -0.2) is 41.0 Å². The minimum atomic E-state index is 0.101. The molecule has 0 aliphatic carbocycles. The van der Waals surface area contributed by atoms with Gasteiger partial charge in [0.25, 0.3) is 0 Å². The van der Waals surface area contributed by atoms with Gasteiger partial charge in [0.1, 0.15) is 6.23 Å².